The van der Waals surface area contributed by atoms with Crippen molar-refractivity contribution in [3.8, 4) is 6.07 Å². The monoisotopic (exact) mass is 365 g/mol. The van der Waals surface area contributed by atoms with Gasteiger partial charge in [-0.25, -0.2) is 0 Å². The van der Waals surface area contributed by atoms with Crippen molar-refractivity contribution in [1.29, 1.82) is 5.26 Å². The van der Waals surface area contributed by atoms with Crippen LogP contribution in [0.3, 0.4) is 0 Å². The van der Waals surface area contributed by atoms with Crippen LogP contribution in [-0.2, 0) is 4.79 Å². The molecular weight excluding hydrogens is 338 g/mol. The average molecular weight is 365 g/mol. The van der Waals surface area contributed by atoms with E-state index in [0.717, 1.165) is 29.4 Å². The Kier molecular flexibility index (Phi) is 7.39. The molecule has 0 bridgehead atoms. The molecule has 5 nitrogen and oxygen atoms in total. The molecule has 0 aromatic heterocycles. The van der Waals surface area contributed by atoms with Gasteiger partial charge in [-0.3, -0.25) is 4.79 Å². The third kappa shape index (κ3) is 5.32. The molecule has 2 N–H and O–H groups in total. The van der Waals surface area contributed by atoms with Crippen molar-refractivity contribution in [3.63, 3.8) is 0 Å². The first-order chi connectivity index (χ1) is 13.0. The van der Waals surface area contributed by atoms with E-state index in [1.54, 1.807) is 6.08 Å². The standard InChI is InChI=1S/C22H27N3O2/c1-4-25(5-2)21-9-8-18-10-17(6-7-19(18)12-21)11-20(13-23)22(27)24-14-16(3)15-26/h6-12,16,26H,4-5,14-15H2,1-3H3,(H,24,27)/b20-11+. The number of hydrogen-bond acceptors (Lipinski definition) is 4. The summed E-state index contributed by atoms with van der Waals surface area (Å²) < 4.78 is 0. The lowest BCUT2D eigenvalue weighted by atomic mass is 10.0. The van der Waals surface area contributed by atoms with Gasteiger partial charge in [-0.1, -0.05) is 25.1 Å². The van der Waals surface area contributed by atoms with E-state index in [1.165, 1.54) is 5.69 Å². The van der Waals surface area contributed by atoms with Crippen LogP contribution in [0.2, 0.25) is 0 Å². The molecule has 1 unspecified atom stereocenters. The Morgan fingerprint density at radius 3 is 2.52 bits per heavy atom. The number of fused-ring (bicyclic) bond motifs is 1. The van der Waals surface area contributed by atoms with E-state index in [-0.39, 0.29) is 18.1 Å². The van der Waals surface area contributed by atoms with Crippen molar-refractivity contribution in [1.82, 2.24) is 5.32 Å². The van der Waals surface area contributed by atoms with Crippen molar-refractivity contribution in [3.05, 3.63) is 47.5 Å². The minimum Gasteiger partial charge on any atom is -0.396 e. The molecule has 1 atom stereocenters. The van der Waals surface area contributed by atoms with E-state index in [4.69, 9.17) is 5.11 Å². The molecule has 1 amide bonds. The highest BCUT2D eigenvalue weighted by Gasteiger charge is 2.11. The van der Waals surface area contributed by atoms with Gasteiger partial charge in [0, 0.05) is 31.9 Å². The number of rotatable bonds is 8. The summed E-state index contributed by atoms with van der Waals surface area (Å²) in [6.45, 7) is 8.34. The van der Waals surface area contributed by atoms with Gasteiger partial charge in [-0.05, 0) is 60.4 Å². The Labute approximate surface area is 160 Å². The molecular formula is C22H27N3O2. The van der Waals surface area contributed by atoms with Crippen LogP contribution in [-0.4, -0.2) is 37.3 Å². The zero-order valence-corrected chi connectivity index (χ0v) is 16.2. The van der Waals surface area contributed by atoms with Crippen molar-refractivity contribution >= 4 is 28.4 Å². The average Bonchev–Trinajstić information content (AvgIpc) is 2.70. The first-order valence-electron chi connectivity index (χ1n) is 9.32. The molecule has 0 aliphatic heterocycles. The van der Waals surface area contributed by atoms with Gasteiger partial charge >= 0.3 is 0 Å². The van der Waals surface area contributed by atoms with Crippen molar-refractivity contribution in [2.45, 2.75) is 20.8 Å². The summed E-state index contributed by atoms with van der Waals surface area (Å²) in [7, 11) is 0. The third-order valence-electron chi connectivity index (χ3n) is 4.58. The molecule has 0 heterocycles. The van der Waals surface area contributed by atoms with Crippen molar-refractivity contribution in [2.75, 3.05) is 31.1 Å². The van der Waals surface area contributed by atoms with Gasteiger partial charge in [0.1, 0.15) is 11.6 Å². The Morgan fingerprint density at radius 1 is 1.22 bits per heavy atom. The third-order valence-corrected chi connectivity index (χ3v) is 4.58. The van der Waals surface area contributed by atoms with Crippen molar-refractivity contribution < 1.29 is 9.90 Å². The molecule has 2 aromatic carbocycles. The smallest absolute Gasteiger partial charge is 0.261 e. The number of nitriles is 1. The maximum atomic E-state index is 12.2. The second kappa shape index (κ2) is 9.75. The number of nitrogens with zero attached hydrogens (tertiary/aromatic N) is 2. The lowest BCUT2D eigenvalue weighted by Gasteiger charge is -2.21. The Morgan fingerprint density at radius 2 is 1.89 bits per heavy atom. The normalized spacial score (nSPS) is 12.5. The zero-order valence-electron chi connectivity index (χ0n) is 16.2. The molecule has 0 fully saturated rings. The highest BCUT2D eigenvalue weighted by molar-refractivity contribution is 6.02. The summed E-state index contributed by atoms with van der Waals surface area (Å²) in [6.07, 6.45) is 1.59. The molecule has 0 aliphatic rings. The van der Waals surface area contributed by atoms with Crippen LogP contribution in [0, 0.1) is 17.2 Å². The Bertz CT molecular complexity index is 863. The maximum Gasteiger partial charge on any atom is 0.261 e. The number of carbonyl (C=O) groups excluding carboxylic acids is 1. The largest absolute Gasteiger partial charge is 0.396 e. The van der Waals surface area contributed by atoms with Gasteiger partial charge in [0.15, 0.2) is 0 Å². The first-order valence-corrected chi connectivity index (χ1v) is 9.32. The van der Waals surface area contributed by atoms with Gasteiger partial charge in [0.2, 0.25) is 0 Å². The predicted octanol–water partition coefficient (Wildman–Crippen LogP) is 3.34. The van der Waals surface area contributed by atoms with Crippen LogP contribution < -0.4 is 10.2 Å². The molecule has 2 rings (SSSR count). The van der Waals surface area contributed by atoms with E-state index >= 15 is 0 Å². The maximum absolute atomic E-state index is 12.2. The number of carbonyl (C=O) groups is 1. The van der Waals surface area contributed by atoms with E-state index in [1.807, 2.05) is 31.2 Å². The number of aliphatic hydroxyl groups excluding tert-OH is 1. The summed E-state index contributed by atoms with van der Waals surface area (Å²) in [4.78, 5) is 14.4. The van der Waals surface area contributed by atoms with Crippen LogP contribution in [0.5, 0.6) is 0 Å². The van der Waals surface area contributed by atoms with E-state index < -0.39 is 5.91 Å². The fourth-order valence-electron chi connectivity index (χ4n) is 2.87. The van der Waals surface area contributed by atoms with Crippen LogP contribution in [0.15, 0.2) is 42.0 Å². The molecule has 0 saturated heterocycles. The van der Waals surface area contributed by atoms with Gasteiger partial charge in [0.05, 0.1) is 0 Å². The lowest BCUT2D eigenvalue weighted by molar-refractivity contribution is -0.117. The van der Waals surface area contributed by atoms with Crippen LogP contribution >= 0.6 is 0 Å². The SMILES string of the molecule is CCN(CC)c1ccc2cc(/C=C(\C#N)C(=O)NCC(C)CO)ccc2c1. The fourth-order valence-corrected chi connectivity index (χ4v) is 2.87. The summed E-state index contributed by atoms with van der Waals surface area (Å²) >= 11 is 0. The number of hydrogen-bond donors (Lipinski definition) is 2. The van der Waals surface area contributed by atoms with Crippen molar-refractivity contribution in [2.24, 2.45) is 5.92 Å². The van der Waals surface area contributed by atoms with E-state index in [0.29, 0.717) is 6.54 Å². The number of nitrogens with one attached hydrogen (secondary N) is 1. The number of aliphatic hydroxyl groups is 1. The first kappa shape index (κ1) is 20.5. The molecule has 142 valence electrons. The van der Waals surface area contributed by atoms with Gasteiger partial charge in [-0.2, -0.15) is 5.26 Å². The Hall–Kier alpha value is -2.84. The summed E-state index contributed by atoms with van der Waals surface area (Å²) in [6, 6.07) is 14.2. The highest BCUT2D eigenvalue weighted by atomic mass is 16.3. The summed E-state index contributed by atoms with van der Waals surface area (Å²) in [5, 5.41) is 23.2. The second-order valence-electron chi connectivity index (χ2n) is 6.63. The quantitative estimate of drug-likeness (QED) is 0.556. The molecule has 0 radical (unpaired) electrons. The van der Waals surface area contributed by atoms with Crippen LogP contribution in [0.1, 0.15) is 26.3 Å². The summed E-state index contributed by atoms with van der Waals surface area (Å²) in [5.74, 6) is -0.468. The zero-order chi connectivity index (χ0) is 19.8. The fraction of sp³-hybridized carbons (Fsp3) is 0.364. The molecule has 0 saturated carbocycles. The predicted molar refractivity (Wildman–Crippen MR) is 110 cm³/mol. The number of anilines is 1. The minimum atomic E-state index is -0.422. The molecule has 2 aromatic rings. The molecule has 27 heavy (non-hydrogen) atoms. The Balaban J connectivity index is 2.24. The van der Waals surface area contributed by atoms with Crippen LogP contribution in [0.4, 0.5) is 5.69 Å². The highest BCUT2D eigenvalue weighted by Crippen LogP contribution is 2.24. The molecule has 0 spiro atoms. The van der Waals surface area contributed by atoms with Gasteiger partial charge in [0.25, 0.3) is 5.91 Å². The number of amides is 1. The molecule has 0 aliphatic carbocycles. The van der Waals surface area contributed by atoms with Gasteiger partial charge in [-0.15, -0.1) is 0 Å². The van der Waals surface area contributed by atoms with E-state index in [2.05, 4.69) is 42.3 Å². The molecule has 5 heteroatoms. The second-order valence-corrected chi connectivity index (χ2v) is 6.63. The minimum absolute atomic E-state index is 0.00790. The van der Waals surface area contributed by atoms with Crippen LogP contribution in [0.25, 0.3) is 16.8 Å². The number of benzene rings is 2. The van der Waals surface area contributed by atoms with Gasteiger partial charge < -0.3 is 15.3 Å². The van der Waals surface area contributed by atoms with E-state index in [9.17, 15) is 10.1 Å². The summed E-state index contributed by atoms with van der Waals surface area (Å²) in [5.41, 5.74) is 2.05. The lowest BCUT2D eigenvalue weighted by Crippen LogP contribution is -2.30. The topological polar surface area (TPSA) is 76.4 Å².